The number of nitrogens with zero attached hydrogens (tertiary/aromatic N) is 3. The number of aromatic nitrogens is 3. The van der Waals surface area contributed by atoms with Gasteiger partial charge in [-0.05, 0) is 23.8 Å². The Bertz CT molecular complexity index is 891. The molecular formula is C14H12N4O3S. The van der Waals surface area contributed by atoms with Gasteiger partial charge in [-0.15, -0.1) is 0 Å². The van der Waals surface area contributed by atoms with Crippen molar-refractivity contribution in [1.82, 2.24) is 15.1 Å². The molecule has 0 atom stereocenters. The van der Waals surface area contributed by atoms with Crippen molar-refractivity contribution in [2.45, 2.75) is 11.3 Å². The SMILES string of the molecule is NS(=O)(=O)c1ccccc1-c1noc(Cc2cccnc2)n1. The number of primary sulfonamides is 1. The molecule has 0 amide bonds. The molecule has 8 heteroatoms. The second-order valence-electron chi connectivity index (χ2n) is 4.59. The molecule has 0 fully saturated rings. The lowest BCUT2D eigenvalue weighted by molar-refractivity contribution is 0.385. The van der Waals surface area contributed by atoms with Gasteiger partial charge < -0.3 is 4.52 Å². The highest BCUT2D eigenvalue weighted by atomic mass is 32.2. The number of nitrogens with two attached hydrogens (primary N) is 1. The summed E-state index contributed by atoms with van der Waals surface area (Å²) in [5.41, 5.74) is 1.23. The lowest BCUT2D eigenvalue weighted by atomic mass is 10.2. The molecule has 7 nitrogen and oxygen atoms in total. The van der Waals surface area contributed by atoms with Gasteiger partial charge in [0.15, 0.2) is 0 Å². The van der Waals surface area contributed by atoms with E-state index in [0.717, 1.165) is 5.56 Å². The molecule has 1 aromatic carbocycles. The van der Waals surface area contributed by atoms with Crippen LogP contribution in [0.2, 0.25) is 0 Å². The molecule has 0 bridgehead atoms. The normalized spacial score (nSPS) is 11.5. The molecule has 2 heterocycles. The first-order chi connectivity index (χ1) is 10.5. The van der Waals surface area contributed by atoms with Crippen LogP contribution >= 0.6 is 0 Å². The predicted octanol–water partition coefficient (Wildman–Crippen LogP) is 1.37. The van der Waals surface area contributed by atoms with Crippen molar-refractivity contribution >= 4 is 10.0 Å². The summed E-state index contributed by atoms with van der Waals surface area (Å²) in [4.78, 5) is 8.19. The summed E-state index contributed by atoms with van der Waals surface area (Å²) in [6.45, 7) is 0. The first-order valence-electron chi connectivity index (χ1n) is 6.38. The van der Waals surface area contributed by atoms with Crippen LogP contribution in [0.5, 0.6) is 0 Å². The van der Waals surface area contributed by atoms with Crippen molar-refractivity contribution in [3.63, 3.8) is 0 Å². The summed E-state index contributed by atoms with van der Waals surface area (Å²) in [6.07, 6.45) is 3.78. The molecule has 22 heavy (non-hydrogen) atoms. The van der Waals surface area contributed by atoms with Gasteiger partial charge in [-0.25, -0.2) is 13.6 Å². The van der Waals surface area contributed by atoms with Crippen molar-refractivity contribution in [1.29, 1.82) is 0 Å². The number of pyridine rings is 1. The number of hydrogen-bond acceptors (Lipinski definition) is 6. The molecule has 2 N–H and O–H groups in total. The smallest absolute Gasteiger partial charge is 0.238 e. The van der Waals surface area contributed by atoms with Crippen molar-refractivity contribution in [3.8, 4) is 11.4 Å². The van der Waals surface area contributed by atoms with Crippen LogP contribution in [-0.2, 0) is 16.4 Å². The van der Waals surface area contributed by atoms with Crippen LogP contribution in [0.1, 0.15) is 11.5 Å². The largest absolute Gasteiger partial charge is 0.339 e. The summed E-state index contributed by atoms with van der Waals surface area (Å²) in [6, 6.07) is 9.94. The fourth-order valence-electron chi connectivity index (χ4n) is 2.01. The number of sulfonamides is 1. The van der Waals surface area contributed by atoms with Crippen LogP contribution in [0, 0.1) is 0 Å². The molecule has 2 aromatic heterocycles. The average molecular weight is 316 g/mol. The van der Waals surface area contributed by atoms with Crippen molar-refractivity contribution in [3.05, 3.63) is 60.2 Å². The van der Waals surface area contributed by atoms with Gasteiger partial charge >= 0.3 is 0 Å². The average Bonchev–Trinajstić information content (AvgIpc) is 2.96. The third-order valence-corrected chi connectivity index (χ3v) is 3.95. The summed E-state index contributed by atoms with van der Waals surface area (Å²) >= 11 is 0. The van der Waals surface area contributed by atoms with E-state index in [9.17, 15) is 8.42 Å². The topological polar surface area (TPSA) is 112 Å². The second kappa shape index (κ2) is 5.66. The molecule has 3 aromatic rings. The van der Waals surface area contributed by atoms with Gasteiger partial charge in [0.2, 0.25) is 21.7 Å². The fraction of sp³-hybridized carbons (Fsp3) is 0.0714. The molecule has 3 rings (SSSR count). The maximum atomic E-state index is 11.6. The molecule has 0 spiro atoms. The van der Waals surface area contributed by atoms with Crippen molar-refractivity contribution < 1.29 is 12.9 Å². The van der Waals surface area contributed by atoms with E-state index < -0.39 is 10.0 Å². The van der Waals surface area contributed by atoms with E-state index in [1.165, 1.54) is 6.07 Å². The summed E-state index contributed by atoms with van der Waals surface area (Å²) < 4.78 is 28.4. The van der Waals surface area contributed by atoms with Gasteiger partial charge in [0, 0.05) is 18.0 Å². The van der Waals surface area contributed by atoms with Gasteiger partial charge in [-0.1, -0.05) is 23.4 Å². The van der Waals surface area contributed by atoms with Gasteiger partial charge in [-0.3, -0.25) is 4.98 Å². The zero-order valence-electron chi connectivity index (χ0n) is 11.4. The minimum Gasteiger partial charge on any atom is -0.339 e. The molecule has 112 valence electrons. The Kier molecular flexibility index (Phi) is 3.70. The fourth-order valence-corrected chi connectivity index (χ4v) is 2.75. The minimum absolute atomic E-state index is 0.0382. The summed E-state index contributed by atoms with van der Waals surface area (Å²) in [7, 11) is -3.86. The maximum Gasteiger partial charge on any atom is 0.238 e. The molecule has 0 radical (unpaired) electrons. The quantitative estimate of drug-likeness (QED) is 0.778. The third kappa shape index (κ3) is 3.02. The highest BCUT2D eigenvalue weighted by Crippen LogP contribution is 2.24. The van der Waals surface area contributed by atoms with E-state index >= 15 is 0 Å². The molecule has 0 aliphatic heterocycles. The Morgan fingerprint density at radius 2 is 1.95 bits per heavy atom. The first kappa shape index (κ1) is 14.4. The van der Waals surface area contributed by atoms with E-state index in [-0.39, 0.29) is 10.7 Å². The lowest BCUT2D eigenvalue weighted by Crippen LogP contribution is -2.13. The van der Waals surface area contributed by atoms with Gasteiger partial charge in [0.1, 0.15) is 0 Å². The molecule has 0 saturated carbocycles. The van der Waals surface area contributed by atoms with Crippen LogP contribution in [-0.4, -0.2) is 23.5 Å². The molecular weight excluding hydrogens is 304 g/mol. The first-order valence-corrected chi connectivity index (χ1v) is 7.92. The molecule has 0 saturated heterocycles. The lowest BCUT2D eigenvalue weighted by Gasteiger charge is -2.02. The second-order valence-corrected chi connectivity index (χ2v) is 6.12. The highest BCUT2D eigenvalue weighted by Gasteiger charge is 2.18. The monoisotopic (exact) mass is 316 g/mol. The standard InChI is InChI=1S/C14H12N4O3S/c15-22(19,20)12-6-2-1-5-11(12)14-17-13(21-18-14)8-10-4-3-7-16-9-10/h1-7,9H,8H2,(H2,15,19,20). The van der Waals surface area contributed by atoms with E-state index in [4.69, 9.17) is 9.66 Å². The van der Waals surface area contributed by atoms with E-state index in [1.807, 2.05) is 12.1 Å². The molecule has 0 aliphatic rings. The highest BCUT2D eigenvalue weighted by molar-refractivity contribution is 7.89. The third-order valence-electron chi connectivity index (χ3n) is 2.98. The summed E-state index contributed by atoms with van der Waals surface area (Å²) in [5, 5.41) is 9.03. The van der Waals surface area contributed by atoms with Gasteiger partial charge in [0.25, 0.3) is 0 Å². The van der Waals surface area contributed by atoms with Crippen LogP contribution in [0.15, 0.2) is 58.2 Å². The van der Waals surface area contributed by atoms with Crippen molar-refractivity contribution in [2.24, 2.45) is 5.14 Å². The zero-order valence-corrected chi connectivity index (χ0v) is 12.2. The van der Waals surface area contributed by atoms with Crippen molar-refractivity contribution in [2.75, 3.05) is 0 Å². The Morgan fingerprint density at radius 3 is 2.68 bits per heavy atom. The van der Waals surface area contributed by atoms with Crippen LogP contribution in [0.4, 0.5) is 0 Å². The van der Waals surface area contributed by atoms with E-state index in [2.05, 4.69) is 15.1 Å². The molecule has 0 aliphatic carbocycles. The van der Waals surface area contributed by atoms with Gasteiger partial charge in [0.05, 0.1) is 11.3 Å². The Balaban J connectivity index is 1.95. The number of rotatable bonds is 4. The van der Waals surface area contributed by atoms with Crippen LogP contribution in [0.25, 0.3) is 11.4 Å². The van der Waals surface area contributed by atoms with Crippen LogP contribution < -0.4 is 5.14 Å². The van der Waals surface area contributed by atoms with E-state index in [0.29, 0.717) is 17.9 Å². The number of benzene rings is 1. The van der Waals surface area contributed by atoms with Gasteiger partial charge in [-0.2, -0.15) is 4.98 Å². The molecule has 0 unspecified atom stereocenters. The Labute approximate surface area is 126 Å². The predicted molar refractivity (Wildman–Crippen MR) is 78.2 cm³/mol. The Hall–Kier alpha value is -2.58. The Morgan fingerprint density at radius 1 is 1.14 bits per heavy atom. The number of hydrogen-bond donors (Lipinski definition) is 1. The zero-order chi connectivity index (χ0) is 15.6. The van der Waals surface area contributed by atoms with Crippen LogP contribution in [0.3, 0.4) is 0 Å². The van der Waals surface area contributed by atoms with E-state index in [1.54, 1.807) is 30.6 Å². The maximum absolute atomic E-state index is 11.6. The minimum atomic E-state index is -3.86. The summed E-state index contributed by atoms with van der Waals surface area (Å²) in [5.74, 6) is 0.552.